The zero-order valence-corrected chi connectivity index (χ0v) is 18.7. The molecule has 0 spiro atoms. The number of fused-ring (bicyclic) bond motifs is 1. The summed E-state index contributed by atoms with van der Waals surface area (Å²) in [6, 6.07) is 11.3. The Hall–Kier alpha value is -3.88. The number of carbonyl (C=O) groups is 1. The van der Waals surface area contributed by atoms with Gasteiger partial charge in [0.2, 0.25) is 5.91 Å². The van der Waals surface area contributed by atoms with Crippen molar-refractivity contribution in [2.45, 2.75) is 26.3 Å². The van der Waals surface area contributed by atoms with E-state index in [9.17, 15) is 13.6 Å². The van der Waals surface area contributed by atoms with Gasteiger partial charge in [-0.1, -0.05) is 17.7 Å². The number of rotatable bonds is 5. The van der Waals surface area contributed by atoms with Gasteiger partial charge in [0.25, 0.3) is 0 Å². The SMILES string of the molecule is Cc1ccc(-n2cc3c(N4CCC[C@@H](C(=O)NCc5cc(F)cc(F)c5)C4)ncnc3n2)cc1. The highest BCUT2D eigenvalue weighted by atomic mass is 19.1. The quantitative estimate of drug-likeness (QED) is 0.486. The van der Waals surface area contributed by atoms with Gasteiger partial charge in [-0.3, -0.25) is 4.79 Å². The van der Waals surface area contributed by atoms with Crippen molar-refractivity contribution in [2.24, 2.45) is 5.92 Å². The van der Waals surface area contributed by atoms with Crippen molar-refractivity contribution in [3.63, 3.8) is 0 Å². The fourth-order valence-corrected chi connectivity index (χ4v) is 4.34. The maximum Gasteiger partial charge on any atom is 0.225 e. The Labute approximate surface area is 195 Å². The minimum Gasteiger partial charge on any atom is -0.355 e. The van der Waals surface area contributed by atoms with Crippen molar-refractivity contribution in [3.05, 3.63) is 77.8 Å². The topological polar surface area (TPSA) is 75.9 Å². The number of nitrogens with zero attached hydrogens (tertiary/aromatic N) is 5. The molecule has 2 aromatic heterocycles. The number of piperidine rings is 1. The molecule has 1 saturated heterocycles. The van der Waals surface area contributed by atoms with E-state index in [0.717, 1.165) is 42.3 Å². The molecule has 7 nitrogen and oxygen atoms in total. The van der Waals surface area contributed by atoms with Crippen molar-refractivity contribution in [3.8, 4) is 5.69 Å². The number of aryl methyl sites for hydroxylation is 1. The van der Waals surface area contributed by atoms with Crippen LogP contribution in [0.4, 0.5) is 14.6 Å². The van der Waals surface area contributed by atoms with Gasteiger partial charge >= 0.3 is 0 Å². The summed E-state index contributed by atoms with van der Waals surface area (Å²) in [4.78, 5) is 23.7. The summed E-state index contributed by atoms with van der Waals surface area (Å²) in [7, 11) is 0. The molecule has 2 aromatic carbocycles. The number of nitrogens with one attached hydrogen (secondary N) is 1. The van der Waals surface area contributed by atoms with E-state index in [1.54, 1.807) is 4.68 Å². The van der Waals surface area contributed by atoms with E-state index >= 15 is 0 Å². The highest BCUT2D eigenvalue weighted by Crippen LogP contribution is 2.28. The lowest BCUT2D eigenvalue weighted by Gasteiger charge is -2.33. The van der Waals surface area contributed by atoms with Crippen molar-refractivity contribution >= 4 is 22.8 Å². The lowest BCUT2D eigenvalue weighted by atomic mass is 9.97. The first-order chi connectivity index (χ1) is 16.5. The zero-order chi connectivity index (χ0) is 23.7. The van der Waals surface area contributed by atoms with Crippen LogP contribution in [-0.4, -0.2) is 38.7 Å². The molecule has 0 bridgehead atoms. The van der Waals surface area contributed by atoms with Crippen LogP contribution in [0.2, 0.25) is 0 Å². The first-order valence-corrected chi connectivity index (χ1v) is 11.2. The van der Waals surface area contributed by atoms with Gasteiger partial charge in [0.15, 0.2) is 5.65 Å². The molecule has 174 valence electrons. The maximum absolute atomic E-state index is 13.4. The van der Waals surface area contributed by atoms with Crippen molar-refractivity contribution in [1.82, 2.24) is 25.1 Å². The molecule has 1 N–H and O–H groups in total. The molecule has 1 amide bonds. The maximum atomic E-state index is 13.4. The molecule has 1 fully saturated rings. The average Bonchev–Trinajstić information content (AvgIpc) is 3.27. The summed E-state index contributed by atoms with van der Waals surface area (Å²) in [5.41, 5.74) is 3.07. The summed E-state index contributed by atoms with van der Waals surface area (Å²) >= 11 is 0. The highest BCUT2D eigenvalue weighted by Gasteiger charge is 2.28. The number of hydrogen-bond acceptors (Lipinski definition) is 5. The molecule has 0 aliphatic carbocycles. The summed E-state index contributed by atoms with van der Waals surface area (Å²) in [6.45, 7) is 3.36. The van der Waals surface area contributed by atoms with Crippen LogP contribution in [-0.2, 0) is 11.3 Å². The monoisotopic (exact) mass is 462 g/mol. The number of aromatic nitrogens is 4. The van der Waals surface area contributed by atoms with Crippen LogP contribution in [0.25, 0.3) is 16.7 Å². The van der Waals surface area contributed by atoms with Crippen LogP contribution in [0.1, 0.15) is 24.0 Å². The lowest BCUT2D eigenvalue weighted by Crippen LogP contribution is -2.43. The Bertz CT molecular complexity index is 1320. The zero-order valence-electron chi connectivity index (χ0n) is 18.7. The lowest BCUT2D eigenvalue weighted by molar-refractivity contribution is -0.125. The molecule has 34 heavy (non-hydrogen) atoms. The number of carbonyl (C=O) groups excluding carboxylic acids is 1. The molecule has 1 aliphatic heterocycles. The molecule has 1 aliphatic rings. The van der Waals surface area contributed by atoms with Crippen molar-refractivity contribution < 1.29 is 13.6 Å². The van der Waals surface area contributed by atoms with Crippen LogP contribution in [0.15, 0.2) is 55.0 Å². The molecule has 3 heterocycles. The van der Waals surface area contributed by atoms with Gasteiger partial charge in [0, 0.05) is 31.9 Å². The third kappa shape index (κ3) is 4.59. The minimum absolute atomic E-state index is 0.0745. The van der Waals surface area contributed by atoms with Crippen molar-refractivity contribution in [2.75, 3.05) is 18.0 Å². The van der Waals surface area contributed by atoms with Crippen molar-refractivity contribution in [1.29, 1.82) is 0 Å². The molecule has 1 atom stereocenters. The van der Waals surface area contributed by atoms with Crippen LogP contribution in [0.3, 0.4) is 0 Å². The minimum atomic E-state index is -0.660. The van der Waals surface area contributed by atoms with E-state index in [1.165, 1.54) is 24.0 Å². The molecule has 0 radical (unpaired) electrons. The highest BCUT2D eigenvalue weighted by molar-refractivity contribution is 5.87. The molecular weight excluding hydrogens is 438 g/mol. The van der Waals surface area contributed by atoms with E-state index in [-0.39, 0.29) is 18.4 Å². The van der Waals surface area contributed by atoms with Gasteiger partial charge in [-0.05, 0) is 49.6 Å². The van der Waals surface area contributed by atoms with Gasteiger partial charge in [0.05, 0.1) is 17.0 Å². The Morgan fingerprint density at radius 3 is 2.65 bits per heavy atom. The molecule has 0 saturated carbocycles. The van der Waals surface area contributed by atoms with Crippen LogP contribution in [0, 0.1) is 24.5 Å². The predicted molar refractivity (Wildman–Crippen MR) is 125 cm³/mol. The van der Waals surface area contributed by atoms with Gasteiger partial charge in [-0.25, -0.2) is 23.4 Å². The van der Waals surface area contributed by atoms with E-state index in [2.05, 4.69) is 25.3 Å². The van der Waals surface area contributed by atoms with E-state index in [0.29, 0.717) is 17.8 Å². The number of halogens is 2. The summed E-state index contributed by atoms with van der Waals surface area (Å²) < 4.78 is 28.6. The first kappa shape index (κ1) is 21.9. The van der Waals surface area contributed by atoms with Crippen LogP contribution >= 0.6 is 0 Å². The molecule has 4 aromatic rings. The second-order valence-corrected chi connectivity index (χ2v) is 8.62. The third-order valence-electron chi connectivity index (χ3n) is 6.07. The second kappa shape index (κ2) is 9.17. The summed E-state index contributed by atoms with van der Waals surface area (Å²) in [5, 5.41) is 8.23. The van der Waals surface area contributed by atoms with Crippen LogP contribution in [0.5, 0.6) is 0 Å². The van der Waals surface area contributed by atoms with Gasteiger partial charge in [-0.2, -0.15) is 0 Å². The Morgan fingerprint density at radius 2 is 1.88 bits per heavy atom. The second-order valence-electron chi connectivity index (χ2n) is 8.62. The fraction of sp³-hybridized carbons (Fsp3) is 0.280. The van der Waals surface area contributed by atoms with Gasteiger partial charge in [-0.15, -0.1) is 5.10 Å². The molecular formula is C25H24F2N6O. The Kier molecular flexibility index (Phi) is 5.91. The van der Waals surface area contributed by atoms with E-state index in [1.807, 2.05) is 37.4 Å². The smallest absolute Gasteiger partial charge is 0.225 e. The number of anilines is 1. The fourth-order valence-electron chi connectivity index (χ4n) is 4.34. The largest absolute Gasteiger partial charge is 0.355 e. The summed E-state index contributed by atoms with van der Waals surface area (Å²) in [6.07, 6.45) is 4.96. The van der Waals surface area contributed by atoms with Crippen LogP contribution < -0.4 is 10.2 Å². The normalized spacial score (nSPS) is 16.1. The summed E-state index contributed by atoms with van der Waals surface area (Å²) in [5.74, 6) is -0.980. The van der Waals surface area contributed by atoms with E-state index in [4.69, 9.17) is 0 Å². The number of amides is 1. The first-order valence-electron chi connectivity index (χ1n) is 11.2. The molecule has 0 unspecified atom stereocenters. The number of hydrogen-bond donors (Lipinski definition) is 1. The average molecular weight is 463 g/mol. The third-order valence-corrected chi connectivity index (χ3v) is 6.07. The predicted octanol–water partition coefficient (Wildman–Crippen LogP) is 3.93. The number of benzene rings is 2. The Balaban J connectivity index is 1.32. The van der Waals surface area contributed by atoms with Gasteiger partial charge in [0.1, 0.15) is 23.8 Å². The van der Waals surface area contributed by atoms with E-state index < -0.39 is 11.6 Å². The Morgan fingerprint density at radius 1 is 1.12 bits per heavy atom. The standard InChI is InChI=1S/C25H24F2N6O/c1-16-4-6-21(7-5-16)33-14-22-23(31-33)29-15-30-24(22)32-8-2-3-18(13-32)25(34)28-12-17-9-19(26)11-20(27)10-17/h4-7,9-11,14-15,18H,2-3,8,12-13H2,1H3,(H,28,34)/t18-/m1/s1. The van der Waals surface area contributed by atoms with Gasteiger partial charge < -0.3 is 10.2 Å². The molecule has 5 rings (SSSR count). The molecule has 9 heteroatoms.